The SMILES string of the molecule is CC1(C)N=NNC(=O)C1=O. The van der Waals surface area contributed by atoms with E-state index in [4.69, 9.17) is 0 Å². The predicted molar refractivity (Wildman–Crippen MR) is 32.1 cm³/mol. The fourth-order valence-corrected chi connectivity index (χ4v) is 0.569. The van der Waals surface area contributed by atoms with Crippen LogP contribution in [0.25, 0.3) is 0 Å². The number of Topliss-reactive ketones (excluding diaryl/α,β-unsaturated/α-hetero) is 1. The fourth-order valence-electron chi connectivity index (χ4n) is 0.569. The lowest BCUT2D eigenvalue weighted by Gasteiger charge is -2.17. The van der Waals surface area contributed by atoms with Gasteiger partial charge in [-0.1, -0.05) is 5.22 Å². The predicted octanol–water partition coefficient (Wildman–Crippen LogP) is -0.169. The van der Waals surface area contributed by atoms with Crippen molar-refractivity contribution < 1.29 is 9.59 Å². The summed E-state index contributed by atoms with van der Waals surface area (Å²) in [7, 11) is 0. The molecular weight excluding hydrogens is 134 g/mol. The Bertz CT molecular complexity index is 219. The first-order valence-corrected chi connectivity index (χ1v) is 2.81. The average molecular weight is 141 g/mol. The maximum absolute atomic E-state index is 10.9. The Kier molecular flexibility index (Phi) is 1.28. The maximum atomic E-state index is 10.9. The molecule has 0 saturated heterocycles. The molecule has 54 valence electrons. The molecule has 5 heteroatoms. The largest absolute Gasteiger partial charge is 0.311 e. The van der Waals surface area contributed by atoms with Crippen LogP contribution in [0.4, 0.5) is 0 Å². The molecule has 1 amide bonds. The van der Waals surface area contributed by atoms with Crippen molar-refractivity contribution in [1.29, 1.82) is 0 Å². The second kappa shape index (κ2) is 1.86. The smallest absolute Gasteiger partial charge is 0.286 e. The summed E-state index contributed by atoms with van der Waals surface area (Å²) in [5, 5.41) is 6.80. The maximum Gasteiger partial charge on any atom is 0.311 e. The zero-order valence-corrected chi connectivity index (χ0v) is 5.71. The van der Waals surface area contributed by atoms with E-state index in [9.17, 15) is 9.59 Å². The molecule has 0 aromatic heterocycles. The molecule has 0 aromatic carbocycles. The first kappa shape index (κ1) is 6.85. The van der Waals surface area contributed by atoms with Crippen LogP contribution < -0.4 is 5.43 Å². The first-order valence-electron chi connectivity index (χ1n) is 2.81. The summed E-state index contributed by atoms with van der Waals surface area (Å²) < 4.78 is 0. The minimum atomic E-state index is -0.984. The van der Waals surface area contributed by atoms with Gasteiger partial charge >= 0.3 is 5.91 Å². The van der Waals surface area contributed by atoms with Gasteiger partial charge in [-0.25, -0.2) is 5.43 Å². The highest BCUT2D eigenvalue weighted by molar-refractivity contribution is 6.39. The third-order valence-corrected chi connectivity index (χ3v) is 1.21. The number of amides is 1. The normalized spacial score (nSPS) is 22.6. The van der Waals surface area contributed by atoms with E-state index in [0.717, 1.165) is 0 Å². The van der Waals surface area contributed by atoms with Gasteiger partial charge in [0.1, 0.15) is 5.54 Å². The van der Waals surface area contributed by atoms with Crippen molar-refractivity contribution in [3.05, 3.63) is 0 Å². The van der Waals surface area contributed by atoms with E-state index in [1.807, 2.05) is 5.43 Å². The molecule has 0 spiro atoms. The molecule has 1 aliphatic rings. The summed E-state index contributed by atoms with van der Waals surface area (Å²) in [6.07, 6.45) is 0. The number of nitrogens with zero attached hydrogens (tertiary/aromatic N) is 2. The van der Waals surface area contributed by atoms with E-state index in [2.05, 4.69) is 10.3 Å². The summed E-state index contributed by atoms with van der Waals surface area (Å²) in [6, 6.07) is 0. The fraction of sp³-hybridized carbons (Fsp3) is 0.600. The monoisotopic (exact) mass is 141 g/mol. The molecule has 10 heavy (non-hydrogen) atoms. The number of hydrogen-bond acceptors (Lipinski definition) is 4. The van der Waals surface area contributed by atoms with Gasteiger partial charge in [0, 0.05) is 0 Å². The van der Waals surface area contributed by atoms with Crippen molar-refractivity contribution in [2.45, 2.75) is 19.4 Å². The molecule has 0 saturated carbocycles. The molecular formula is C5H7N3O2. The molecule has 1 N–H and O–H groups in total. The minimum Gasteiger partial charge on any atom is -0.286 e. The molecule has 0 aromatic rings. The lowest BCUT2D eigenvalue weighted by atomic mass is 10.00. The number of nitrogens with one attached hydrogen (secondary N) is 1. The van der Waals surface area contributed by atoms with Crippen LogP contribution >= 0.6 is 0 Å². The Morgan fingerprint density at radius 2 is 2.00 bits per heavy atom. The van der Waals surface area contributed by atoms with Crippen LogP contribution in [0.5, 0.6) is 0 Å². The van der Waals surface area contributed by atoms with Crippen LogP contribution in [-0.4, -0.2) is 17.2 Å². The van der Waals surface area contributed by atoms with Gasteiger partial charge in [-0.15, -0.1) is 0 Å². The zero-order chi connectivity index (χ0) is 7.78. The van der Waals surface area contributed by atoms with Crippen molar-refractivity contribution in [3.8, 4) is 0 Å². The van der Waals surface area contributed by atoms with Crippen LogP contribution in [0, 0.1) is 0 Å². The molecule has 0 aliphatic carbocycles. The van der Waals surface area contributed by atoms with Gasteiger partial charge in [0.2, 0.25) is 0 Å². The Labute approximate surface area is 57.5 Å². The number of ketones is 1. The average Bonchev–Trinajstić information content (AvgIpc) is 1.83. The highest BCUT2D eigenvalue weighted by Gasteiger charge is 2.35. The van der Waals surface area contributed by atoms with Gasteiger partial charge in [0.05, 0.1) is 0 Å². The lowest BCUT2D eigenvalue weighted by Crippen LogP contribution is -2.44. The van der Waals surface area contributed by atoms with Crippen LogP contribution in [0.2, 0.25) is 0 Å². The molecule has 0 atom stereocenters. The van der Waals surface area contributed by atoms with E-state index in [-0.39, 0.29) is 0 Å². The summed E-state index contributed by atoms with van der Waals surface area (Å²) in [6.45, 7) is 3.08. The minimum absolute atomic E-state index is 0.553. The van der Waals surface area contributed by atoms with Gasteiger partial charge in [0.25, 0.3) is 5.78 Å². The van der Waals surface area contributed by atoms with E-state index < -0.39 is 17.2 Å². The molecule has 0 radical (unpaired) electrons. The molecule has 0 fully saturated rings. The molecule has 0 bridgehead atoms. The van der Waals surface area contributed by atoms with E-state index in [1.54, 1.807) is 0 Å². The Morgan fingerprint density at radius 1 is 1.40 bits per heavy atom. The van der Waals surface area contributed by atoms with Crippen molar-refractivity contribution in [1.82, 2.24) is 5.43 Å². The summed E-state index contributed by atoms with van der Waals surface area (Å²) >= 11 is 0. The van der Waals surface area contributed by atoms with Gasteiger partial charge in [-0.2, -0.15) is 5.11 Å². The highest BCUT2D eigenvalue weighted by Crippen LogP contribution is 2.13. The van der Waals surface area contributed by atoms with Crippen molar-refractivity contribution in [2.75, 3.05) is 0 Å². The van der Waals surface area contributed by atoms with Crippen LogP contribution in [0.1, 0.15) is 13.8 Å². The second-order valence-corrected chi connectivity index (χ2v) is 2.53. The van der Waals surface area contributed by atoms with E-state index >= 15 is 0 Å². The highest BCUT2D eigenvalue weighted by atomic mass is 16.2. The van der Waals surface area contributed by atoms with E-state index in [1.165, 1.54) is 13.8 Å². The molecule has 1 heterocycles. The Morgan fingerprint density at radius 3 is 2.40 bits per heavy atom. The van der Waals surface area contributed by atoms with Gasteiger partial charge < -0.3 is 0 Å². The quantitative estimate of drug-likeness (QED) is 0.476. The lowest BCUT2D eigenvalue weighted by molar-refractivity contribution is -0.141. The Balaban J connectivity index is 2.98. The number of carbonyl (C=O) groups excluding carboxylic acids is 2. The molecule has 0 unspecified atom stereocenters. The topological polar surface area (TPSA) is 70.9 Å². The molecule has 5 nitrogen and oxygen atoms in total. The Hall–Kier alpha value is -1.26. The zero-order valence-electron chi connectivity index (χ0n) is 5.71. The number of carbonyl (C=O) groups is 2. The standard InChI is InChI=1S/C5H7N3O2/c1-5(2)3(9)4(10)6-8-7-5/h1-2H3,(H,6,7,10). The van der Waals surface area contributed by atoms with Crippen molar-refractivity contribution >= 4 is 11.7 Å². The molecule has 1 rings (SSSR count). The summed E-state index contributed by atoms with van der Waals surface area (Å²) in [5.74, 6) is -1.25. The van der Waals surface area contributed by atoms with Crippen molar-refractivity contribution in [2.24, 2.45) is 10.3 Å². The first-order chi connectivity index (χ1) is 4.54. The van der Waals surface area contributed by atoms with Crippen LogP contribution in [-0.2, 0) is 9.59 Å². The van der Waals surface area contributed by atoms with Crippen molar-refractivity contribution in [3.63, 3.8) is 0 Å². The molecule has 1 aliphatic heterocycles. The van der Waals surface area contributed by atoms with Gasteiger partial charge in [-0.05, 0) is 13.8 Å². The van der Waals surface area contributed by atoms with Crippen LogP contribution in [0.3, 0.4) is 0 Å². The number of rotatable bonds is 0. The van der Waals surface area contributed by atoms with Gasteiger partial charge in [-0.3, -0.25) is 9.59 Å². The van der Waals surface area contributed by atoms with Gasteiger partial charge in [0.15, 0.2) is 0 Å². The van der Waals surface area contributed by atoms with Crippen LogP contribution in [0.15, 0.2) is 10.3 Å². The summed E-state index contributed by atoms with van der Waals surface area (Å²) in [4.78, 5) is 21.5. The summed E-state index contributed by atoms with van der Waals surface area (Å²) in [5.41, 5.74) is 0.973. The van der Waals surface area contributed by atoms with E-state index in [0.29, 0.717) is 0 Å². The number of hydrogen-bond donors (Lipinski definition) is 1. The second-order valence-electron chi connectivity index (χ2n) is 2.53. The third kappa shape index (κ3) is 0.896. The third-order valence-electron chi connectivity index (χ3n) is 1.21.